The monoisotopic (exact) mass is 403 g/mol. The average molecular weight is 404 g/mol. The molecule has 9 nitrogen and oxygen atoms in total. The number of sulfone groups is 1. The molecule has 0 radical (unpaired) electrons. The van der Waals surface area contributed by atoms with Gasteiger partial charge in [-0.2, -0.15) is 0 Å². The molecule has 2 rings (SSSR count). The summed E-state index contributed by atoms with van der Waals surface area (Å²) in [6.07, 6.45) is 2.29. The summed E-state index contributed by atoms with van der Waals surface area (Å²) in [6, 6.07) is 4.67. The summed E-state index contributed by atoms with van der Waals surface area (Å²) in [6.45, 7) is 2.04. The maximum absolute atomic E-state index is 11.6. The number of amidine groups is 1. The zero-order valence-corrected chi connectivity index (χ0v) is 15.3. The van der Waals surface area contributed by atoms with Gasteiger partial charge in [0.2, 0.25) is 0 Å². The van der Waals surface area contributed by atoms with E-state index in [2.05, 4.69) is 15.6 Å². The third-order valence-corrected chi connectivity index (χ3v) is 4.29. The van der Waals surface area contributed by atoms with E-state index in [0.717, 1.165) is 18.9 Å². The van der Waals surface area contributed by atoms with E-state index >= 15 is 0 Å². The lowest BCUT2D eigenvalue weighted by atomic mass is 10.3. The van der Waals surface area contributed by atoms with Crippen molar-refractivity contribution in [2.24, 2.45) is 4.99 Å². The molecule has 26 heavy (non-hydrogen) atoms. The van der Waals surface area contributed by atoms with Crippen molar-refractivity contribution in [3.05, 3.63) is 35.4 Å². The Bertz CT molecular complexity index is 820. The number of nitrogens with one attached hydrogen (secondary N) is 2. The largest absolute Gasteiger partial charge is 0.478 e. The minimum Gasteiger partial charge on any atom is -0.478 e. The number of benzene rings is 1. The summed E-state index contributed by atoms with van der Waals surface area (Å²) in [7, 11) is -3.28. The Morgan fingerprint density at radius 3 is 2.38 bits per heavy atom. The van der Waals surface area contributed by atoms with Crippen molar-refractivity contribution >= 4 is 44.9 Å². The van der Waals surface area contributed by atoms with E-state index in [-0.39, 0.29) is 4.90 Å². The van der Waals surface area contributed by atoms with E-state index in [4.69, 9.17) is 21.8 Å². The van der Waals surface area contributed by atoms with Crippen LogP contribution in [0, 0.1) is 0 Å². The SMILES string of the molecule is CS(=O)(=O)c1ccc(Cl)cc1NCC1=NCCN1.O=C(O)/C=C/C(=O)O. The highest BCUT2D eigenvalue weighted by molar-refractivity contribution is 7.90. The van der Waals surface area contributed by atoms with Gasteiger partial charge >= 0.3 is 11.9 Å². The number of carboxylic acids is 2. The molecule has 0 aliphatic carbocycles. The van der Waals surface area contributed by atoms with Crippen LogP contribution in [0.2, 0.25) is 5.02 Å². The highest BCUT2D eigenvalue weighted by Crippen LogP contribution is 2.25. The van der Waals surface area contributed by atoms with E-state index in [1.807, 2.05) is 0 Å². The van der Waals surface area contributed by atoms with Gasteiger partial charge in [0.25, 0.3) is 0 Å². The van der Waals surface area contributed by atoms with E-state index < -0.39 is 21.8 Å². The van der Waals surface area contributed by atoms with Gasteiger partial charge in [-0.25, -0.2) is 18.0 Å². The average Bonchev–Trinajstić information content (AvgIpc) is 3.04. The Morgan fingerprint density at radius 2 is 1.92 bits per heavy atom. The third-order valence-electron chi connectivity index (χ3n) is 2.90. The van der Waals surface area contributed by atoms with Crippen LogP contribution < -0.4 is 10.6 Å². The Hall–Kier alpha value is -2.59. The summed E-state index contributed by atoms with van der Waals surface area (Å²) in [4.78, 5) is 23.6. The first-order chi connectivity index (χ1) is 12.1. The highest BCUT2D eigenvalue weighted by atomic mass is 35.5. The van der Waals surface area contributed by atoms with Gasteiger partial charge in [0.15, 0.2) is 9.84 Å². The molecule has 1 aromatic rings. The maximum atomic E-state index is 11.6. The number of halogens is 1. The molecular formula is C15H18ClN3O6S. The zero-order chi connectivity index (χ0) is 19.7. The lowest BCUT2D eigenvalue weighted by Gasteiger charge is -2.11. The molecule has 0 bridgehead atoms. The quantitative estimate of drug-likeness (QED) is 0.512. The minimum atomic E-state index is -3.28. The fourth-order valence-corrected chi connectivity index (χ4v) is 2.87. The van der Waals surface area contributed by atoms with E-state index in [0.29, 0.717) is 29.4 Å². The zero-order valence-electron chi connectivity index (χ0n) is 13.8. The summed E-state index contributed by atoms with van der Waals surface area (Å²) < 4.78 is 23.3. The van der Waals surface area contributed by atoms with Crippen LogP contribution in [0.25, 0.3) is 0 Å². The van der Waals surface area contributed by atoms with Crippen LogP contribution in [0.3, 0.4) is 0 Å². The number of carboxylic acid groups (broad SMARTS) is 2. The smallest absolute Gasteiger partial charge is 0.328 e. The van der Waals surface area contributed by atoms with Gasteiger partial charge in [-0.05, 0) is 18.2 Å². The summed E-state index contributed by atoms with van der Waals surface area (Å²) in [5, 5.41) is 22.3. The normalized spacial score (nSPS) is 13.4. The number of anilines is 1. The molecule has 1 aliphatic rings. The second-order valence-corrected chi connectivity index (χ2v) is 7.45. The number of hydrogen-bond acceptors (Lipinski definition) is 7. The van der Waals surface area contributed by atoms with Crippen molar-refractivity contribution in [1.82, 2.24) is 5.32 Å². The van der Waals surface area contributed by atoms with Crippen LogP contribution in [0.1, 0.15) is 0 Å². The molecule has 0 unspecified atom stereocenters. The van der Waals surface area contributed by atoms with Crippen LogP contribution in [0.4, 0.5) is 5.69 Å². The fourth-order valence-electron chi connectivity index (χ4n) is 1.85. The van der Waals surface area contributed by atoms with Crippen LogP contribution in [0.5, 0.6) is 0 Å². The molecule has 0 saturated heterocycles. The lowest BCUT2D eigenvalue weighted by Crippen LogP contribution is -2.26. The number of hydrogen-bond donors (Lipinski definition) is 4. The van der Waals surface area contributed by atoms with Crippen LogP contribution in [-0.2, 0) is 19.4 Å². The third kappa shape index (κ3) is 7.99. The maximum Gasteiger partial charge on any atom is 0.328 e. The van der Waals surface area contributed by atoms with Crippen molar-refractivity contribution in [3.63, 3.8) is 0 Å². The second kappa shape index (κ2) is 9.78. The number of nitrogens with zero attached hydrogens (tertiary/aromatic N) is 1. The van der Waals surface area contributed by atoms with Gasteiger partial charge < -0.3 is 20.8 Å². The van der Waals surface area contributed by atoms with Crippen LogP contribution in [-0.4, -0.2) is 62.3 Å². The predicted molar refractivity (Wildman–Crippen MR) is 97.8 cm³/mol. The molecule has 1 heterocycles. The standard InChI is InChI=1S/C11H14ClN3O2S.C4H4O4/c1-18(16,17)10-3-2-8(12)6-9(10)15-7-11-13-4-5-14-11;5-3(6)1-2-4(7)8/h2-3,6,15H,4-5,7H2,1H3,(H,13,14);1-2H,(H,5,6)(H,7,8)/b;2-1+. The molecule has 0 saturated carbocycles. The van der Waals surface area contributed by atoms with Crippen molar-refractivity contribution in [1.29, 1.82) is 0 Å². The lowest BCUT2D eigenvalue weighted by molar-refractivity contribution is -0.134. The molecule has 0 spiro atoms. The number of rotatable bonds is 6. The molecule has 0 aromatic heterocycles. The summed E-state index contributed by atoms with van der Waals surface area (Å²) in [5.41, 5.74) is 0.501. The molecular weight excluding hydrogens is 386 g/mol. The highest BCUT2D eigenvalue weighted by Gasteiger charge is 2.14. The van der Waals surface area contributed by atoms with Gasteiger partial charge in [0.05, 0.1) is 23.7 Å². The Kier molecular flexibility index (Phi) is 8.07. The first-order valence-electron chi connectivity index (χ1n) is 7.24. The summed E-state index contributed by atoms with van der Waals surface area (Å²) >= 11 is 5.88. The molecule has 0 amide bonds. The van der Waals surface area contributed by atoms with Crippen molar-refractivity contribution in [2.75, 3.05) is 31.2 Å². The first-order valence-corrected chi connectivity index (χ1v) is 9.51. The van der Waals surface area contributed by atoms with Gasteiger partial charge in [-0.15, -0.1) is 0 Å². The predicted octanol–water partition coefficient (Wildman–Crippen LogP) is 0.869. The molecule has 0 fully saturated rings. The van der Waals surface area contributed by atoms with Crippen molar-refractivity contribution in [3.8, 4) is 0 Å². The van der Waals surface area contributed by atoms with E-state index in [1.54, 1.807) is 12.1 Å². The Balaban J connectivity index is 0.000000359. The molecule has 4 N–H and O–H groups in total. The number of aliphatic imine (C=N–C) groups is 1. The topological polar surface area (TPSA) is 145 Å². The van der Waals surface area contributed by atoms with Gasteiger partial charge in [-0.3, -0.25) is 4.99 Å². The molecule has 142 valence electrons. The second-order valence-electron chi connectivity index (χ2n) is 5.03. The van der Waals surface area contributed by atoms with E-state index in [9.17, 15) is 18.0 Å². The summed E-state index contributed by atoms with van der Waals surface area (Å²) in [5.74, 6) is -1.69. The van der Waals surface area contributed by atoms with Gasteiger partial charge in [-0.1, -0.05) is 11.6 Å². The van der Waals surface area contributed by atoms with Gasteiger partial charge in [0, 0.05) is 30.0 Å². The molecule has 1 aromatic carbocycles. The molecule has 0 atom stereocenters. The van der Waals surface area contributed by atoms with Crippen molar-refractivity contribution in [2.45, 2.75) is 4.90 Å². The Labute approximate surface area is 155 Å². The van der Waals surface area contributed by atoms with E-state index in [1.165, 1.54) is 12.3 Å². The first kappa shape index (κ1) is 21.5. The molecule has 1 aliphatic heterocycles. The molecule has 11 heteroatoms. The van der Waals surface area contributed by atoms with Gasteiger partial charge in [0.1, 0.15) is 5.84 Å². The van der Waals surface area contributed by atoms with Crippen molar-refractivity contribution < 1.29 is 28.2 Å². The van der Waals surface area contributed by atoms with Crippen LogP contribution in [0.15, 0.2) is 40.2 Å². The number of carbonyl (C=O) groups is 2. The van der Waals surface area contributed by atoms with Crippen LogP contribution >= 0.6 is 11.6 Å². The minimum absolute atomic E-state index is 0.241. The fraction of sp³-hybridized carbons (Fsp3) is 0.267. The number of aliphatic carboxylic acids is 2. The Morgan fingerprint density at radius 1 is 1.31 bits per heavy atom.